The van der Waals surface area contributed by atoms with E-state index < -0.39 is 0 Å². The zero-order valence-electron chi connectivity index (χ0n) is 17.3. The summed E-state index contributed by atoms with van der Waals surface area (Å²) in [7, 11) is 0. The van der Waals surface area contributed by atoms with Crippen molar-refractivity contribution in [3.8, 4) is 5.75 Å². The van der Waals surface area contributed by atoms with Crippen LogP contribution in [0.1, 0.15) is 29.7 Å². The lowest BCUT2D eigenvalue weighted by molar-refractivity contribution is -0.117. The number of nitrogens with zero attached hydrogens (tertiary/aromatic N) is 1. The van der Waals surface area contributed by atoms with Crippen LogP contribution in [0.3, 0.4) is 0 Å². The molecule has 154 valence electrons. The van der Waals surface area contributed by atoms with E-state index in [1.165, 1.54) is 5.56 Å². The summed E-state index contributed by atoms with van der Waals surface area (Å²) >= 11 is 0. The molecule has 2 aromatic carbocycles. The van der Waals surface area contributed by atoms with Gasteiger partial charge in [0.05, 0.1) is 25.9 Å². The molecule has 2 aromatic rings. The average Bonchev–Trinajstić information content (AvgIpc) is 2.74. The fourth-order valence-electron chi connectivity index (χ4n) is 3.37. The minimum Gasteiger partial charge on any atom is -0.493 e. The highest BCUT2D eigenvalue weighted by molar-refractivity contribution is 5.92. The van der Waals surface area contributed by atoms with Gasteiger partial charge in [-0.3, -0.25) is 9.69 Å². The molecule has 0 spiro atoms. The molecule has 1 aliphatic rings. The maximum atomic E-state index is 12.7. The van der Waals surface area contributed by atoms with Crippen LogP contribution in [0.5, 0.6) is 5.75 Å². The Bertz CT molecular complexity index is 811. The van der Waals surface area contributed by atoms with E-state index in [0.717, 1.165) is 49.7 Å². The number of morpholine rings is 1. The molecule has 0 bridgehead atoms. The molecule has 0 radical (unpaired) electrons. The summed E-state index contributed by atoms with van der Waals surface area (Å²) in [5.41, 5.74) is 3.21. The molecule has 29 heavy (non-hydrogen) atoms. The van der Waals surface area contributed by atoms with E-state index in [9.17, 15) is 4.79 Å². The van der Waals surface area contributed by atoms with Crippen LogP contribution in [0.25, 0.3) is 6.08 Å². The minimum absolute atomic E-state index is 0.0759. The highest BCUT2D eigenvalue weighted by Gasteiger charge is 2.19. The van der Waals surface area contributed by atoms with Crippen LogP contribution in [0.15, 0.2) is 54.6 Å². The largest absolute Gasteiger partial charge is 0.493 e. The SMILES string of the molecule is CCOc1ccccc1/C=C/C(=O)N[C@@H](CN1CCOCC1)c1ccc(C)cc1. The van der Waals surface area contributed by atoms with Crippen LogP contribution in [-0.4, -0.2) is 50.3 Å². The van der Waals surface area contributed by atoms with Gasteiger partial charge in [0.15, 0.2) is 0 Å². The number of nitrogens with one attached hydrogen (secondary N) is 1. The van der Waals surface area contributed by atoms with E-state index in [2.05, 4.69) is 41.4 Å². The first-order valence-electron chi connectivity index (χ1n) is 10.2. The first kappa shape index (κ1) is 21.1. The van der Waals surface area contributed by atoms with Gasteiger partial charge in [-0.15, -0.1) is 0 Å². The van der Waals surface area contributed by atoms with Crippen LogP contribution < -0.4 is 10.1 Å². The van der Waals surface area contributed by atoms with Gasteiger partial charge < -0.3 is 14.8 Å². The lowest BCUT2D eigenvalue weighted by atomic mass is 10.0. The van der Waals surface area contributed by atoms with Crippen molar-refractivity contribution in [2.24, 2.45) is 0 Å². The number of carbonyl (C=O) groups excluding carboxylic acids is 1. The van der Waals surface area contributed by atoms with Crippen molar-refractivity contribution >= 4 is 12.0 Å². The standard InChI is InChI=1S/C24H30N2O3/c1-3-29-23-7-5-4-6-21(23)12-13-24(27)25-22(18-26-14-16-28-17-15-26)20-10-8-19(2)9-11-20/h4-13,22H,3,14-18H2,1-2H3,(H,25,27)/b13-12+/t22-/m0/s1. The first-order chi connectivity index (χ1) is 14.2. The zero-order valence-corrected chi connectivity index (χ0v) is 17.3. The summed E-state index contributed by atoms with van der Waals surface area (Å²) in [6.45, 7) is 8.62. The summed E-state index contributed by atoms with van der Waals surface area (Å²) in [6.07, 6.45) is 3.39. The number of aryl methyl sites for hydroxylation is 1. The third kappa shape index (κ3) is 6.44. The Kier molecular flexibility index (Phi) is 7.85. The maximum Gasteiger partial charge on any atom is 0.244 e. The molecule has 3 rings (SSSR count). The van der Waals surface area contributed by atoms with Crippen molar-refractivity contribution in [2.75, 3.05) is 39.5 Å². The lowest BCUT2D eigenvalue weighted by Crippen LogP contribution is -2.42. The third-order valence-corrected chi connectivity index (χ3v) is 4.97. The molecule has 5 nitrogen and oxygen atoms in total. The Balaban J connectivity index is 1.70. The van der Waals surface area contributed by atoms with Crippen LogP contribution in [0.4, 0.5) is 0 Å². The number of benzene rings is 2. The fourth-order valence-corrected chi connectivity index (χ4v) is 3.37. The molecular weight excluding hydrogens is 364 g/mol. The number of hydrogen-bond donors (Lipinski definition) is 1. The van der Waals surface area contributed by atoms with E-state index in [1.54, 1.807) is 12.2 Å². The number of carbonyl (C=O) groups is 1. The lowest BCUT2D eigenvalue weighted by Gasteiger charge is -2.31. The van der Waals surface area contributed by atoms with Gasteiger partial charge in [-0.05, 0) is 31.6 Å². The molecule has 0 unspecified atom stereocenters. The van der Waals surface area contributed by atoms with Crippen molar-refractivity contribution in [1.82, 2.24) is 10.2 Å². The van der Waals surface area contributed by atoms with Crippen LogP contribution in [0.2, 0.25) is 0 Å². The van der Waals surface area contributed by atoms with Crippen LogP contribution >= 0.6 is 0 Å². The van der Waals surface area contributed by atoms with E-state index in [-0.39, 0.29) is 11.9 Å². The second-order valence-electron chi connectivity index (χ2n) is 7.19. The minimum atomic E-state index is -0.116. The Morgan fingerprint density at radius 3 is 2.62 bits per heavy atom. The summed E-state index contributed by atoms with van der Waals surface area (Å²) < 4.78 is 11.1. The molecule has 1 amide bonds. The van der Waals surface area contributed by atoms with Crippen LogP contribution in [-0.2, 0) is 9.53 Å². The molecule has 1 saturated heterocycles. The van der Waals surface area contributed by atoms with E-state index in [1.807, 2.05) is 31.2 Å². The molecule has 0 aromatic heterocycles. The smallest absolute Gasteiger partial charge is 0.244 e. The first-order valence-corrected chi connectivity index (χ1v) is 10.2. The molecule has 0 aliphatic carbocycles. The quantitative estimate of drug-likeness (QED) is 0.695. The van der Waals surface area contributed by atoms with Crippen molar-refractivity contribution in [3.05, 3.63) is 71.3 Å². The fraction of sp³-hybridized carbons (Fsp3) is 0.375. The van der Waals surface area contributed by atoms with Gasteiger partial charge in [-0.2, -0.15) is 0 Å². The highest BCUT2D eigenvalue weighted by atomic mass is 16.5. The predicted molar refractivity (Wildman–Crippen MR) is 116 cm³/mol. The van der Waals surface area contributed by atoms with E-state index >= 15 is 0 Å². The Morgan fingerprint density at radius 1 is 1.17 bits per heavy atom. The van der Waals surface area contributed by atoms with Crippen molar-refractivity contribution in [1.29, 1.82) is 0 Å². The molecule has 0 saturated carbocycles. The Hall–Kier alpha value is -2.63. The van der Waals surface area contributed by atoms with Crippen molar-refractivity contribution < 1.29 is 14.3 Å². The number of amides is 1. The summed E-state index contributed by atoms with van der Waals surface area (Å²) in [5.74, 6) is 0.664. The second-order valence-corrected chi connectivity index (χ2v) is 7.19. The van der Waals surface area contributed by atoms with Gasteiger partial charge in [-0.25, -0.2) is 0 Å². The summed E-state index contributed by atoms with van der Waals surface area (Å²) in [5, 5.41) is 3.17. The Morgan fingerprint density at radius 2 is 1.90 bits per heavy atom. The molecule has 1 aliphatic heterocycles. The molecule has 1 N–H and O–H groups in total. The predicted octanol–water partition coefficient (Wildman–Crippen LogP) is 3.60. The van der Waals surface area contributed by atoms with Crippen LogP contribution in [0, 0.1) is 6.92 Å². The van der Waals surface area contributed by atoms with Gasteiger partial charge in [0.2, 0.25) is 5.91 Å². The number of hydrogen-bond acceptors (Lipinski definition) is 4. The zero-order chi connectivity index (χ0) is 20.5. The van der Waals surface area contributed by atoms with Gasteiger partial charge in [0.25, 0.3) is 0 Å². The third-order valence-electron chi connectivity index (χ3n) is 4.97. The van der Waals surface area contributed by atoms with Crippen molar-refractivity contribution in [2.45, 2.75) is 19.9 Å². The van der Waals surface area contributed by atoms with Gasteiger partial charge >= 0.3 is 0 Å². The average molecular weight is 395 g/mol. The summed E-state index contributed by atoms with van der Waals surface area (Å²) in [6, 6.07) is 16.0. The van der Waals surface area contributed by atoms with E-state index in [0.29, 0.717) is 6.61 Å². The van der Waals surface area contributed by atoms with Gasteiger partial charge in [0.1, 0.15) is 5.75 Å². The number of rotatable bonds is 8. The number of ether oxygens (including phenoxy) is 2. The maximum absolute atomic E-state index is 12.7. The van der Waals surface area contributed by atoms with E-state index in [4.69, 9.17) is 9.47 Å². The van der Waals surface area contributed by atoms with Gasteiger partial charge in [-0.1, -0.05) is 48.0 Å². The molecule has 1 heterocycles. The normalized spacial score (nSPS) is 15.9. The molecular formula is C24H30N2O3. The Labute approximate surface area is 173 Å². The van der Waals surface area contributed by atoms with Gasteiger partial charge in [0, 0.05) is 31.3 Å². The molecule has 1 atom stereocenters. The highest BCUT2D eigenvalue weighted by Crippen LogP contribution is 2.20. The number of para-hydroxylation sites is 1. The summed E-state index contributed by atoms with van der Waals surface area (Å²) in [4.78, 5) is 15.0. The van der Waals surface area contributed by atoms with Crippen molar-refractivity contribution in [3.63, 3.8) is 0 Å². The molecule has 5 heteroatoms. The second kappa shape index (κ2) is 10.8. The molecule has 1 fully saturated rings. The monoisotopic (exact) mass is 394 g/mol. The topological polar surface area (TPSA) is 50.8 Å².